The van der Waals surface area contributed by atoms with Crippen LogP contribution in [0.15, 0.2) is 47.5 Å². The second-order valence-corrected chi connectivity index (χ2v) is 7.75. The molecule has 27 heavy (non-hydrogen) atoms. The fourth-order valence-corrected chi connectivity index (χ4v) is 4.37. The van der Waals surface area contributed by atoms with Crippen molar-refractivity contribution in [3.63, 3.8) is 0 Å². The highest BCUT2D eigenvalue weighted by Crippen LogP contribution is 2.30. The van der Waals surface area contributed by atoms with Gasteiger partial charge in [-0.15, -0.1) is 11.8 Å². The van der Waals surface area contributed by atoms with E-state index < -0.39 is 0 Å². The Morgan fingerprint density at radius 2 is 1.93 bits per heavy atom. The van der Waals surface area contributed by atoms with Gasteiger partial charge < -0.3 is 4.74 Å². The van der Waals surface area contributed by atoms with E-state index in [1.165, 1.54) is 12.1 Å². The number of fused-ring (bicyclic) bond motifs is 1. The van der Waals surface area contributed by atoms with E-state index in [2.05, 4.69) is 4.90 Å². The maximum atomic E-state index is 13.3. The summed E-state index contributed by atoms with van der Waals surface area (Å²) in [6, 6.07) is 12.5. The van der Waals surface area contributed by atoms with Gasteiger partial charge in [-0.05, 0) is 23.8 Å². The molecule has 0 atom stereocenters. The predicted molar refractivity (Wildman–Crippen MR) is 107 cm³/mol. The van der Waals surface area contributed by atoms with Crippen LogP contribution in [0.4, 0.5) is 4.39 Å². The first-order valence-corrected chi connectivity index (χ1v) is 10.2. The van der Waals surface area contributed by atoms with E-state index in [0.717, 1.165) is 53.6 Å². The number of aromatic nitrogens is 2. The van der Waals surface area contributed by atoms with Crippen LogP contribution in [0, 0.1) is 5.82 Å². The number of rotatable bonds is 5. The molecular formula is C20H19ClFN3OS. The second-order valence-electron chi connectivity index (χ2n) is 6.38. The van der Waals surface area contributed by atoms with Crippen molar-refractivity contribution in [2.45, 2.75) is 17.3 Å². The minimum Gasteiger partial charge on any atom is -0.379 e. The van der Waals surface area contributed by atoms with Crippen molar-refractivity contribution in [2.24, 2.45) is 0 Å². The molecule has 0 aliphatic carbocycles. The molecule has 3 aromatic rings. The van der Waals surface area contributed by atoms with Gasteiger partial charge in [-0.1, -0.05) is 35.9 Å². The average molecular weight is 404 g/mol. The molecule has 2 aromatic carbocycles. The largest absolute Gasteiger partial charge is 0.379 e. The van der Waals surface area contributed by atoms with Crippen LogP contribution in [0.2, 0.25) is 5.02 Å². The second kappa shape index (κ2) is 8.52. The van der Waals surface area contributed by atoms with Crippen LogP contribution >= 0.6 is 23.4 Å². The summed E-state index contributed by atoms with van der Waals surface area (Å²) in [6.45, 7) is 3.99. The van der Waals surface area contributed by atoms with Crippen LogP contribution in [0.25, 0.3) is 10.9 Å². The number of hydrogen-bond acceptors (Lipinski definition) is 5. The van der Waals surface area contributed by atoms with Crippen molar-refractivity contribution in [3.05, 3.63) is 64.7 Å². The van der Waals surface area contributed by atoms with Gasteiger partial charge in [-0.3, -0.25) is 4.90 Å². The zero-order chi connectivity index (χ0) is 18.6. The Labute approximate surface area is 166 Å². The summed E-state index contributed by atoms with van der Waals surface area (Å²) in [5, 5.41) is 2.38. The Morgan fingerprint density at radius 1 is 1.11 bits per heavy atom. The molecule has 7 heteroatoms. The first-order valence-electron chi connectivity index (χ1n) is 8.81. The maximum absolute atomic E-state index is 13.3. The van der Waals surface area contributed by atoms with Gasteiger partial charge in [0, 0.05) is 29.3 Å². The molecule has 4 nitrogen and oxygen atoms in total. The Kier molecular flexibility index (Phi) is 5.88. The van der Waals surface area contributed by atoms with Crippen molar-refractivity contribution in [2.75, 3.05) is 26.3 Å². The fraction of sp³-hybridized carbons (Fsp3) is 0.300. The highest BCUT2D eigenvalue weighted by Gasteiger charge is 2.15. The van der Waals surface area contributed by atoms with Crippen LogP contribution in [0.5, 0.6) is 0 Å². The lowest BCUT2D eigenvalue weighted by atomic mass is 10.2. The smallest absolute Gasteiger partial charge is 0.144 e. The lowest BCUT2D eigenvalue weighted by Gasteiger charge is -2.25. The minimum absolute atomic E-state index is 0.325. The third kappa shape index (κ3) is 4.58. The molecule has 0 radical (unpaired) electrons. The highest BCUT2D eigenvalue weighted by molar-refractivity contribution is 7.98. The zero-order valence-corrected chi connectivity index (χ0v) is 16.3. The monoisotopic (exact) mass is 403 g/mol. The molecular weight excluding hydrogens is 385 g/mol. The molecule has 140 valence electrons. The lowest BCUT2D eigenvalue weighted by Crippen LogP contribution is -2.36. The van der Waals surface area contributed by atoms with Crippen molar-refractivity contribution < 1.29 is 9.13 Å². The van der Waals surface area contributed by atoms with E-state index in [0.29, 0.717) is 17.3 Å². The number of nitrogens with zero attached hydrogens (tertiary/aromatic N) is 3. The lowest BCUT2D eigenvalue weighted by molar-refractivity contribution is 0.0330. The van der Waals surface area contributed by atoms with E-state index in [1.807, 2.05) is 24.3 Å². The van der Waals surface area contributed by atoms with Crippen LogP contribution in [-0.4, -0.2) is 41.2 Å². The molecule has 1 saturated heterocycles. The van der Waals surface area contributed by atoms with E-state index in [1.54, 1.807) is 17.8 Å². The molecule has 0 saturated carbocycles. The number of morpholine rings is 1. The van der Waals surface area contributed by atoms with E-state index in [4.69, 9.17) is 26.3 Å². The van der Waals surface area contributed by atoms with E-state index in [9.17, 15) is 4.39 Å². The number of ether oxygens (including phenoxy) is 1. The van der Waals surface area contributed by atoms with Crippen LogP contribution in [0.3, 0.4) is 0 Å². The standard InChI is InChI=1S/C20H19ClFN3OS/c21-17-11-15(22)6-5-14(17)13-27-20-16-3-1-2-4-18(16)23-19(24-20)12-25-7-9-26-10-8-25/h1-6,11H,7-10,12-13H2. The number of benzene rings is 2. The van der Waals surface area contributed by atoms with E-state index >= 15 is 0 Å². The molecule has 1 aliphatic rings. The summed E-state index contributed by atoms with van der Waals surface area (Å²) in [5.41, 5.74) is 1.82. The normalized spacial score (nSPS) is 15.3. The van der Waals surface area contributed by atoms with Gasteiger partial charge in [0.25, 0.3) is 0 Å². The molecule has 0 N–H and O–H groups in total. The van der Waals surface area contributed by atoms with Gasteiger partial charge in [0.2, 0.25) is 0 Å². The topological polar surface area (TPSA) is 38.2 Å². The summed E-state index contributed by atoms with van der Waals surface area (Å²) in [5.74, 6) is 1.11. The number of thioether (sulfide) groups is 1. The van der Waals surface area contributed by atoms with E-state index in [-0.39, 0.29) is 5.82 Å². The van der Waals surface area contributed by atoms with Gasteiger partial charge in [-0.25, -0.2) is 14.4 Å². The first-order chi connectivity index (χ1) is 13.2. The van der Waals surface area contributed by atoms with Crippen LogP contribution in [0.1, 0.15) is 11.4 Å². The Hall–Kier alpha value is -1.73. The minimum atomic E-state index is -0.325. The number of para-hydroxylation sites is 1. The predicted octanol–water partition coefficient (Wildman–Crippen LogP) is 4.55. The van der Waals surface area contributed by atoms with Gasteiger partial charge >= 0.3 is 0 Å². The SMILES string of the molecule is Fc1ccc(CSc2nc(CN3CCOCC3)nc3ccccc23)c(Cl)c1. The van der Waals surface area contributed by atoms with Gasteiger partial charge in [0.1, 0.15) is 16.7 Å². The fourth-order valence-electron chi connectivity index (χ4n) is 3.02. The number of halogens is 2. The Balaban J connectivity index is 1.59. The van der Waals surface area contributed by atoms with Crippen molar-refractivity contribution in [1.29, 1.82) is 0 Å². The average Bonchev–Trinajstić information content (AvgIpc) is 2.68. The summed E-state index contributed by atoms with van der Waals surface area (Å²) < 4.78 is 18.7. The zero-order valence-electron chi connectivity index (χ0n) is 14.7. The van der Waals surface area contributed by atoms with Gasteiger partial charge in [0.15, 0.2) is 0 Å². The van der Waals surface area contributed by atoms with Crippen LogP contribution < -0.4 is 0 Å². The summed E-state index contributed by atoms with van der Waals surface area (Å²) >= 11 is 7.77. The molecule has 1 aliphatic heterocycles. The summed E-state index contributed by atoms with van der Waals surface area (Å²) in [6.07, 6.45) is 0. The quantitative estimate of drug-likeness (QED) is 0.461. The molecule has 0 unspecified atom stereocenters. The Bertz CT molecular complexity index is 950. The van der Waals surface area contributed by atoms with Crippen molar-refractivity contribution in [3.8, 4) is 0 Å². The molecule has 2 heterocycles. The molecule has 0 amide bonds. The summed E-state index contributed by atoms with van der Waals surface area (Å²) in [4.78, 5) is 11.8. The van der Waals surface area contributed by atoms with Crippen LogP contribution in [-0.2, 0) is 17.0 Å². The molecule has 0 spiro atoms. The Morgan fingerprint density at radius 3 is 2.74 bits per heavy atom. The molecule has 1 aromatic heterocycles. The highest BCUT2D eigenvalue weighted by atomic mass is 35.5. The molecule has 4 rings (SSSR count). The number of hydrogen-bond donors (Lipinski definition) is 0. The first kappa shape index (κ1) is 18.6. The van der Waals surface area contributed by atoms with Crippen molar-refractivity contribution in [1.82, 2.24) is 14.9 Å². The maximum Gasteiger partial charge on any atom is 0.144 e. The van der Waals surface area contributed by atoms with Gasteiger partial charge in [0.05, 0.1) is 25.3 Å². The molecule has 1 fully saturated rings. The third-order valence-electron chi connectivity index (χ3n) is 4.46. The van der Waals surface area contributed by atoms with Gasteiger partial charge in [-0.2, -0.15) is 0 Å². The molecule has 0 bridgehead atoms. The summed E-state index contributed by atoms with van der Waals surface area (Å²) in [7, 11) is 0. The third-order valence-corrected chi connectivity index (χ3v) is 5.85. The van der Waals surface area contributed by atoms with Crippen molar-refractivity contribution >= 4 is 34.3 Å².